The number of carbonyl (C=O) groups excluding carboxylic acids is 1. The minimum Gasteiger partial charge on any atom is -0.340 e. The Kier molecular flexibility index (Phi) is 3.14. The number of rotatable bonds is 2. The van der Waals surface area contributed by atoms with E-state index in [1.165, 1.54) is 12.1 Å². The number of H-pyrrole nitrogens is 1. The topological polar surface area (TPSA) is 66.8 Å². The van der Waals surface area contributed by atoms with Crippen LogP contribution in [0.4, 0.5) is 4.39 Å². The van der Waals surface area contributed by atoms with Crippen LogP contribution in [0.15, 0.2) is 30.6 Å². The molecule has 6 nitrogen and oxygen atoms in total. The highest BCUT2D eigenvalue weighted by molar-refractivity contribution is 5.94. The van der Waals surface area contributed by atoms with E-state index in [0.29, 0.717) is 29.0 Å². The zero-order valence-corrected chi connectivity index (χ0v) is 12.7. The number of aryl methyl sites for hydroxylation is 1. The maximum absolute atomic E-state index is 13.3. The number of benzene rings is 1. The summed E-state index contributed by atoms with van der Waals surface area (Å²) < 4.78 is 14.9. The molecule has 0 bridgehead atoms. The number of fused-ring (bicyclic) bond motifs is 1. The molecular weight excluding hydrogens is 297 g/mol. The summed E-state index contributed by atoms with van der Waals surface area (Å²) >= 11 is 0. The minimum absolute atomic E-state index is 0.0489. The first-order chi connectivity index (χ1) is 11.1. The molecule has 4 rings (SSSR count). The summed E-state index contributed by atoms with van der Waals surface area (Å²) in [4.78, 5) is 22.2. The minimum atomic E-state index is -0.303. The van der Waals surface area contributed by atoms with E-state index in [-0.39, 0.29) is 17.8 Å². The molecule has 1 saturated heterocycles. The van der Waals surface area contributed by atoms with Gasteiger partial charge in [0.2, 0.25) is 0 Å². The van der Waals surface area contributed by atoms with E-state index in [0.717, 1.165) is 12.8 Å². The van der Waals surface area contributed by atoms with Crippen LogP contribution in [0.5, 0.6) is 0 Å². The summed E-state index contributed by atoms with van der Waals surface area (Å²) in [6.45, 7) is 0.684. The molecule has 3 aromatic rings. The standard InChI is InChI=1S/C16H16FN5O/c1-21-9-10(8-18-21)16(23)22-6-2-3-14(22)15-19-12-5-4-11(17)7-13(12)20-15/h4-5,7-9,14H,2-3,6H2,1H3,(H,19,20)/t14-/m0/s1. The fourth-order valence-electron chi connectivity index (χ4n) is 3.15. The van der Waals surface area contributed by atoms with E-state index in [1.54, 1.807) is 30.2 Å². The zero-order chi connectivity index (χ0) is 16.0. The normalized spacial score (nSPS) is 18.0. The van der Waals surface area contributed by atoms with Crippen LogP contribution in [0, 0.1) is 5.82 Å². The Morgan fingerprint density at radius 1 is 1.43 bits per heavy atom. The SMILES string of the molecule is Cn1cc(C(=O)N2CCC[C@H]2c2nc3ccc(F)cc3[nH]2)cn1. The number of hydrogen-bond acceptors (Lipinski definition) is 3. The zero-order valence-electron chi connectivity index (χ0n) is 12.7. The van der Waals surface area contributed by atoms with E-state index in [9.17, 15) is 9.18 Å². The second-order valence-corrected chi connectivity index (χ2v) is 5.84. The maximum atomic E-state index is 13.3. The molecule has 0 radical (unpaired) electrons. The Morgan fingerprint density at radius 2 is 2.30 bits per heavy atom. The lowest BCUT2D eigenvalue weighted by molar-refractivity contribution is 0.0730. The Labute approximate surface area is 131 Å². The van der Waals surface area contributed by atoms with Gasteiger partial charge in [-0.15, -0.1) is 0 Å². The number of imidazole rings is 1. The number of hydrogen-bond donors (Lipinski definition) is 1. The lowest BCUT2D eigenvalue weighted by atomic mass is 10.2. The van der Waals surface area contributed by atoms with E-state index in [1.807, 2.05) is 4.90 Å². The average Bonchev–Trinajstić information content (AvgIpc) is 3.23. The van der Waals surface area contributed by atoms with Gasteiger partial charge in [-0.2, -0.15) is 5.10 Å². The molecule has 23 heavy (non-hydrogen) atoms. The van der Waals surface area contributed by atoms with Gasteiger partial charge >= 0.3 is 0 Å². The predicted octanol–water partition coefficient (Wildman–Crippen LogP) is 2.41. The fourth-order valence-corrected chi connectivity index (χ4v) is 3.15. The van der Waals surface area contributed by atoms with Gasteiger partial charge in [-0.25, -0.2) is 9.37 Å². The first kappa shape index (κ1) is 13.9. The van der Waals surface area contributed by atoms with Crippen LogP contribution >= 0.6 is 0 Å². The van der Waals surface area contributed by atoms with Crippen molar-refractivity contribution in [3.8, 4) is 0 Å². The molecule has 0 aliphatic carbocycles. The first-order valence-corrected chi connectivity index (χ1v) is 7.56. The highest BCUT2D eigenvalue weighted by Crippen LogP contribution is 2.32. The molecule has 0 spiro atoms. The van der Waals surface area contributed by atoms with Crippen LogP contribution in [-0.2, 0) is 7.05 Å². The van der Waals surface area contributed by atoms with Crippen LogP contribution in [-0.4, -0.2) is 37.1 Å². The predicted molar refractivity (Wildman–Crippen MR) is 82.3 cm³/mol. The van der Waals surface area contributed by atoms with Crippen molar-refractivity contribution >= 4 is 16.9 Å². The molecule has 2 aromatic heterocycles. The number of carbonyl (C=O) groups is 1. The molecule has 0 unspecified atom stereocenters. The molecule has 1 aliphatic heterocycles. The molecule has 1 N–H and O–H groups in total. The Bertz CT molecular complexity index is 884. The van der Waals surface area contributed by atoms with Crippen molar-refractivity contribution in [3.63, 3.8) is 0 Å². The number of likely N-dealkylation sites (tertiary alicyclic amines) is 1. The Hall–Kier alpha value is -2.70. The number of aromatic nitrogens is 4. The van der Waals surface area contributed by atoms with Gasteiger partial charge in [0.05, 0.1) is 28.8 Å². The van der Waals surface area contributed by atoms with E-state index in [4.69, 9.17) is 0 Å². The number of amides is 1. The first-order valence-electron chi connectivity index (χ1n) is 7.56. The number of nitrogens with one attached hydrogen (secondary N) is 1. The Morgan fingerprint density at radius 3 is 3.09 bits per heavy atom. The van der Waals surface area contributed by atoms with Gasteiger partial charge in [-0.1, -0.05) is 0 Å². The van der Waals surface area contributed by atoms with Crippen molar-refractivity contribution in [2.75, 3.05) is 6.54 Å². The molecule has 1 atom stereocenters. The van der Waals surface area contributed by atoms with Gasteiger partial charge in [0.1, 0.15) is 11.6 Å². The number of aromatic amines is 1. The van der Waals surface area contributed by atoms with Crippen molar-refractivity contribution in [2.45, 2.75) is 18.9 Å². The van der Waals surface area contributed by atoms with E-state index < -0.39 is 0 Å². The van der Waals surface area contributed by atoms with Crippen LogP contribution in [0.2, 0.25) is 0 Å². The summed E-state index contributed by atoms with van der Waals surface area (Å²) in [7, 11) is 1.78. The second-order valence-electron chi connectivity index (χ2n) is 5.84. The van der Waals surface area contributed by atoms with Crippen molar-refractivity contribution in [1.82, 2.24) is 24.6 Å². The molecule has 1 fully saturated rings. The summed E-state index contributed by atoms with van der Waals surface area (Å²) in [6.07, 6.45) is 5.05. The Balaban J connectivity index is 1.67. The molecule has 1 aliphatic rings. The smallest absolute Gasteiger partial charge is 0.257 e. The monoisotopic (exact) mass is 313 g/mol. The van der Waals surface area contributed by atoms with E-state index in [2.05, 4.69) is 15.1 Å². The molecule has 0 saturated carbocycles. The lowest BCUT2D eigenvalue weighted by Gasteiger charge is -2.22. The third-order valence-corrected chi connectivity index (χ3v) is 4.24. The van der Waals surface area contributed by atoms with E-state index >= 15 is 0 Å². The second kappa shape index (κ2) is 5.19. The average molecular weight is 313 g/mol. The summed E-state index contributed by atoms with van der Waals surface area (Å²) in [5.41, 5.74) is 1.93. The molecule has 1 amide bonds. The largest absolute Gasteiger partial charge is 0.340 e. The van der Waals surface area contributed by atoms with Crippen molar-refractivity contribution in [3.05, 3.63) is 47.8 Å². The van der Waals surface area contributed by atoms with Gasteiger partial charge in [0, 0.05) is 19.8 Å². The van der Waals surface area contributed by atoms with Gasteiger partial charge < -0.3 is 9.88 Å². The van der Waals surface area contributed by atoms with Gasteiger partial charge in [0.25, 0.3) is 5.91 Å². The maximum Gasteiger partial charge on any atom is 0.257 e. The lowest BCUT2D eigenvalue weighted by Crippen LogP contribution is -2.30. The van der Waals surface area contributed by atoms with Crippen LogP contribution in [0.25, 0.3) is 11.0 Å². The third-order valence-electron chi connectivity index (χ3n) is 4.24. The number of halogens is 1. The summed E-state index contributed by atoms with van der Waals surface area (Å²) in [5, 5.41) is 4.06. The van der Waals surface area contributed by atoms with Crippen molar-refractivity contribution < 1.29 is 9.18 Å². The van der Waals surface area contributed by atoms with Crippen LogP contribution < -0.4 is 0 Å². The van der Waals surface area contributed by atoms with Crippen LogP contribution in [0.3, 0.4) is 0 Å². The van der Waals surface area contributed by atoms with Crippen LogP contribution in [0.1, 0.15) is 35.1 Å². The molecule has 3 heterocycles. The molecule has 1 aromatic carbocycles. The summed E-state index contributed by atoms with van der Waals surface area (Å²) in [5.74, 6) is 0.356. The highest BCUT2D eigenvalue weighted by atomic mass is 19.1. The molecule has 118 valence electrons. The van der Waals surface area contributed by atoms with Gasteiger partial charge in [-0.3, -0.25) is 9.48 Å². The van der Waals surface area contributed by atoms with Crippen molar-refractivity contribution in [1.29, 1.82) is 0 Å². The highest BCUT2D eigenvalue weighted by Gasteiger charge is 2.33. The van der Waals surface area contributed by atoms with Gasteiger partial charge in [-0.05, 0) is 31.0 Å². The van der Waals surface area contributed by atoms with Crippen molar-refractivity contribution in [2.24, 2.45) is 7.05 Å². The fraction of sp³-hybridized carbons (Fsp3) is 0.312. The summed E-state index contributed by atoms with van der Waals surface area (Å²) in [6, 6.07) is 4.35. The third kappa shape index (κ3) is 2.38. The molecule has 7 heteroatoms. The quantitative estimate of drug-likeness (QED) is 0.790. The number of nitrogens with zero attached hydrogens (tertiary/aromatic N) is 4. The van der Waals surface area contributed by atoms with Gasteiger partial charge in [0.15, 0.2) is 0 Å². The molecular formula is C16H16FN5O.